The summed E-state index contributed by atoms with van der Waals surface area (Å²) in [6, 6.07) is 9.47. The quantitative estimate of drug-likeness (QED) is 0.750. The number of allylic oxidation sites excluding steroid dienone is 2. The Kier molecular flexibility index (Phi) is 3.90. The van der Waals surface area contributed by atoms with E-state index in [0.717, 1.165) is 16.7 Å². The highest BCUT2D eigenvalue weighted by molar-refractivity contribution is 6.05. The van der Waals surface area contributed by atoms with E-state index in [2.05, 4.69) is 25.9 Å². The van der Waals surface area contributed by atoms with Gasteiger partial charge < -0.3 is 9.57 Å². The molecule has 1 heterocycles. The summed E-state index contributed by atoms with van der Waals surface area (Å²) in [5, 5.41) is 4.09. The monoisotopic (exact) mass is 339 g/mol. The van der Waals surface area contributed by atoms with Crippen molar-refractivity contribution in [2.24, 2.45) is 16.0 Å². The largest absolute Gasteiger partial charge is 0.419 e. The number of ether oxygens (including phenoxy) is 1. The van der Waals surface area contributed by atoms with Gasteiger partial charge in [0.2, 0.25) is 5.78 Å². The first-order valence-electron chi connectivity index (χ1n) is 8.54. The first-order valence-corrected chi connectivity index (χ1v) is 8.54. The van der Waals surface area contributed by atoms with Crippen LogP contribution in [0.1, 0.15) is 47.1 Å². The first-order chi connectivity index (χ1) is 11.5. The highest BCUT2D eigenvalue weighted by Gasteiger charge is 2.56. The van der Waals surface area contributed by atoms with Crippen molar-refractivity contribution in [3.8, 4) is 0 Å². The third-order valence-electron chi connectivity index (χ3n) is 4.46. The fourth-order valence-electron chi connectivity index (χ4n) is 2.98. The lowest BCUT2D eigenvalue weighted by atomic mass is 9.72. The van der Waals surface area contributed by atoms with E-state index in [9.17, 15) is 4.79 Å². The molecule has 0 aromatic heterocycles. The normalized spacial score (nSPS) is 23.6. The number of oxime groups is 1. The van der Waals surface area contributed by atoms with Gasteiger partial charge in [0.1, 0.15) is 0 Å². The molecule has 0 amide bonds. The van der Waals surface area contributed by atoms with E-state index in [-0.39, 0.29) is 16.6 Å². The molecule has 1 atom stereocenters. The summed E-state index contributed by atoms with van der Waals surface area (Å²) < 4.78 is 6.05. The summed E-state index contributed by atoms with van der Waals surface area (Å²) in [5.41, 5.74) is 2.07. The summed E-state index contributed by atoms with van der Waals surface area (Å²) in [7, 11) is 0. The van der Waals surface area contributed by atoms with Gasteiger partial charge in [-0.05, 0) is 39.8 Å². The molecule has 25 heavy (non-hydrogen) atoms. The lowest BCUT2D eigenvalue weighted by Crippen LogP contribution is -2.48. The SMILES string of the molecule is CC(C)(C)C1=CC(=O)C2(ON=C(c3ccccc3)O2)C(C(C)(C)C)=C1. The van der Waals surface area contributed by atoms with Crippen molar-refractivity contribution in [3.63, 3.8) is 0 Å². The fourth-order valence-corrected chi connectivity index (χ4v) is 2.98. The summed E-state index contributed by atoms with van der Waals surface area (Å²) in [6.07, 6.45) is 3.66. The molecule has 4 nitrogen and oxygen atoms in total. The van der Waals surface area contributed by atoms with E-state index in [1.165, 1.54) is 0 Å². The highest BCUT2D eigenvalue weighted by atomic mass is 16.8. The summed E-state index contributed by atoms with van der Waals surface area (Å²) >= 11 is 0. The maximum absolute atomic E-state index is 13.1. The predicted octanol–water partition coefficient (Wildman–Crippen LogP) is 4.62. The summed E-state index contributed by atoms with van der Waals surface area (Å²) in [5.74, 6) is -1.39. The molecule has 0 radical (unpaired) electrons. The number of rotatable bonds is 1. The second-order valence-electron chi connectivity index (χ2n) is 8.59. The van der Waals surface area contributed by atoms with Gasteiger partial charge in [-0.15, -0.1) is 0 Å². The third kappa shape index (κ3) is 3.01. The summed E-state index contributed by atoms with van der Waals surface area (Å²) in [4.78, 5) is 18.7. The van der Waals surface area contributed by atoms with Gasteiger partial charge >= 0.3 is 5.79 Å². The summed E-state index contributed by atoms with van der Waals surface area (Å²) in [6.45, 7) is 12.4. The number of carbonyl (C=O) groups excluding carboxylic acids is 1. The molecule has 1 unspecified atom stereocenters. The fraction of sp³-hybridized carbons (Fsp3) is 0.429. The molecule has 0 saturated carbocycles. The van der Waals surface area contributed by atoms with Crippen molar-refractivity contribution in [2.45, 2.75) is 47.3 Å². The van der Waals surface area contributed by atoms with Gasteiger partial charge in [-0.25, -0.2) is 0 Å². The molecular weight excluding hydrogens is 314 g/mol. The minimum atomic E-state index is -1.50. The van der Waals surface area contributed by atoms with E-state index in [1.807, 2.05) is 57.2 Å². The van der Waals surface area contributed by atoms with E-state index in [4.69, 9.17) is 9.57 Å². The van der Waals surface area contributed by atoms with Crippen molar-refractivity contribution >= 4 is 11.7 Å². The first kappa shape index (κ1) is 17.5. The van der Waals surface area contributed by atoms with Crippen LogP contribution in [0, 0.1) is 10.8 Å². The Morgan fingerprint density at radius 2 is 1.56 bits per heavy atom. The zero-order valence-corrected chi connectivity index (χ0v) is 15.7. The van der Waals surface area contributed by atoms with Gasteiger partial charge in [0.15, 0.2) is 0 Å². The number of hydrogen-bond donors (Lipinski definition) is 0. The van der Waals surface area contributed by atoms with Gasteiger partial charge in [-0.1, -0.05) is 65.8 Å². The smallest absolute Gasteiger partial charge is 0.364 e. The lowest BCUT2D eigenvalue weighted by Gasteiger charge is -2.38. The molecule has 0 saturated heterocycles. The number of benzene rings is 1. The van der Waals surface area contributed by atoms with Crippen molar-refractivity contribution in [3.05, 3.63) is 59.2 Å². The lowest BCUT2D eigenvalue weighted by molar-refractivity contribution is -0.167. The van der Waals surface area contributed by atoms with Crippen LogP contribution in [0.4, 0.5) is 0 Å². The average molecular weight is 339 g/mol. The molecule has 4 heteroatoms. The second kappa shape index (κ2) is 5.58. The van der Waals surface area contributed by atoms with Crippen LogP contribution in [0.3, 0.4) is 0 Å². The van der Waals surface area contributed by atoms with Crippen LogP contribution in [0.2, 0.25) is 0 Å². The Labute approximate surface area is 149 Å². The van der Waals surface area contributed by atoms with E-state index in [1.54, 1.807) is 6.08 Å². The zero-order chi connectivity index (χ0) is 18.5. The van der Waals surface area contributed by atoms with Crippen LogP contribution >= 0.6 is 0 Å². The van der Waals surface area contributed by atoms with Gasteiger partial charge in [-0.2, -0.15) is 0 Å². The van der Waals surface area contributed by atoms with Crippen molar-refractivity contribution in [1.82, 2.24) is 0 Å². The van der Waals surface area contributed by atoms with Crippen LogP contribution in [-0.4, -0.2) is 17.5 Å². The van der Waals surface area contributed by atoms with E-state index < -0.39 is 5.79 Å². The Morgan fingerprint density at radius 3 is 2.12 bits per heavy atom. The van der Waals surface area contributed by atoms with Crippen molar-refractivity contribution < 1.29 is 14.4 Å². The molecule has 1 aromatic carbocycles. The van der Waals surface area contributed by atoms with Gasteiger partial charge in [0.05, 0.1) is 0 Å². The minimum Gasteiger partial charge on any atom is -0.419 e. The van der Waals surface area contributed by atoms with Crippen molar-refractivity contribution in [2.75, 3.05) is 0 Å². The Bertz CT molecular complexity index is 789. The minimum absolute atomic E-state index is 0.143. The number of ketones is 1. The van der Waals surface area contributed by atoms with Crippen LogP contribution < -0.4 is 0 Å². The second-order valence-corrected chi connectivity index (χ2v) is 8.59. The Hall–Kier alpha value is -2.36. The maximum atomic E-state index is 13.1. The van der Waals surface area contributed by atoms with Crippen LogP contribution in [0.25, 0.3) is 0 Å². The molecule has 1 aromatic rings. The number of hydrogen-bond acceptors (Lipinski definition) is 4. The van der Waals surface area contributed by atoms with Gasteiger partial charge in [-0.3, -0.25) is 4.79 Å². The Morgan fingerprint density at radius 1 is 0.920 bits per heavy atom. The molecule has 1 aliphatic heterocycles. The van der Waals surface area contributed by atoms with Crippen LogP contribution in [-0.2, 0) is 14.4 Å². The molecular formula is C21H25NO3. The predicted molar refractivity (Wildman–Crippen MR) is 98.0 cm³/mol. The highest BCUT2D eigenvalue weighted by Crippen LogP contribution is 2.46. The van der Waals surface area contributed by atoms with E-state index in [0.29, 0.717) is 5.90 Å². The topological polar surface area (TPSA) is 47.9 Å². The van der Waals surface area contributed by atoms with Gasteiger partial charge in [0.25, 0.3) is 5.90 Å². The van der Waals surface area contributed by atoms with Crippen LogP contribution in [0.5, 0.6) is 0 Å². The average Bonchev–Trinajstić information content (AvgIpc) is 2.94. The van der Waals surface area contributed by atoms with Crippen LogP contribution in [0.15, 0.2) is 58.8 Å². The molecule has 0 fully saturated rings. The third-order valence-corrected chi connectivity index (χ3v) is 4.46. The molecule has 0 bridgehead atoms. The zero-order valence-electron chi connectivity index (χ0n) is 15.7. The molecule has 1 spiro atoms. The molecule has 3 rings (SSSR count). The van der Waals surface area contributed by atoms with Gasteiger partial charge in [0, 0.05) is 11.1 Å². The maximum Gasteiger partial charge on any atom is 0.364 e. The van der Waals surface area contributed by atoms with E-state index >= 15 is 0 Å². The molecule has 0 N–H and O–H groups in total. The number of carbonyl (C=O) groups is 1. The van der Waals surface area contributed by atoms with Crippen molar-refractivity contribution in [1.29, 1.82) is 0 Å². The molecule has 1 aliphatic carbocycles. The number of nitrogens with zero attached hydrogens (tertiary/aromatic N) is 1. The molecule has 2 aliphatic rings. The standard InChI is InChI=1S/C21H25NO3/c1-19(2,3)15-12-16(20(4,5)6)21(17(23)13-15)24-18(22-25-21)14-10-8-7-9-11-14/h7-13H,1-6H3. The molecule has 132 valence electrons. The Balaban J connectivity index is 2.04.